The smallest absolute Gasteiger partial charge is 0.343 e. The molecule has 6 rings (SSSR count). The number of nitrogens with zero attached hydrogens (tertiary/aromatic N) is 5. The van der Waals surface area contributed by atoms with Crippen LogP contribution in [0.5, 0.6) is 0 Å². The van der Waals surface area contributed by atoms with Crippen molar-refractivity contribution < 1.29 is 4.42 Å². The Hall–Kier alpha value is -4.30. The van der Waals surface area contributed by atoms with E-state index in [1.54, 1.807) is 0 Å². The molecule has 5 aromatic rings. The van der Waals surface area contributed by atoms with Gasteiger partial charge in [-0.2, -0.15) is 5.10 Å². The van der Waals surface area contributed by atoms with Crippen molar-refractivity contribution in [2.45, 2.75) is 39.3 Å². The maximum Gasteiger partial charge on any atom is 0.343 e. The number of aromatic nitrogens is 4. The first-order valence-corrected chi connectivity index (χ1v) is 13.0. The topological polar surface area (TPSA) is 103 Å². The molecular weight excluding hydrogens is 476 g/mol. The number of nitrogens with two attached hydrogens (primary N) is 1. The molecule has 2 aromatic carbocycles. The second-order valence-electron chi connectivity index (χ2n) is 9.75. The quantitative estimate of drug-likeness (QED) is 0.347. The fraction of sp³-hybridized carbons (Fsp3) is 0.267. The first kappa shape index (κ1) is 24.1. The molecule has 192 valence electrons. The van der Waals surface area contributed by atoms with Crippen molar-refractivity contribution in [2.24, 2.45) is 0 Å². The van der Waals surface area contributed by atoms with Crippen LogP contribution < -0.4 is 11.4 Å². The Morgan fingerprint density at radius 2 is 1.82 bits per heavy atom. The van der Waals surface area contributed by atoms with Crippen LogP contribution in [0.1, 0.15) is 48.9 Å². The summed E-state index contributed by atoms with van der Waals surface area (Å²) in [5, 5.41) is 7.07. The number of hydrogen-bond donors (Lipinski definition) is 1. The second-order valence-corrected chi connectivity index (χ2v) is 9.75. The number of hydrogen-bond acceptors (Lipinski definition) is 7. The van der Waals surface area contributed by atoms with Crippen LogP contribution in [-0.4, -0.2) is 37.7 Å². The molecule has 0 radical (unpaired) electrons. The molecule has 0 spiro atoms. The Kier molecular flexibility index (Phi) is 6.25. The minimum atomic E-state index is -0.386. The van der Waals surface area contributed by atoms with Gasteiger partial charge >= 0.3 is 5.63 Å². The highest BCUT2D eigenvalue weighted by molar-refractivity contribution is 5.94. The summed E-state index contributed by atoms with van der Waals surface area (Å²) in [5.74, 6) is 0.986. The molecule has 0 aliphatic carbocycles. The van der Waals surface area contributed by atoms with Gasteiger partial charge in [-0.1, -0.05) is 61.5 Å². The number of rotatable bonds is 6. The zero-order valence-electron chi connectivity index (χ0n) is 21.6. The molecule has 8 heteroatoms. The molecule has 4 heterocycles. The molecule has 0 fully saturated rings. The number of nitrogen functional groups attached to an aromatic ring is 1. The zero-order chi connectivity index (χ0) is 26.2. The molecule has 1 aliphatic heterocycles. The van der Waals surface area contributed by atoms with Gasteiger partial charge in [-0.25, -0.2) is 19.4 Å². The van der Waals surface area contributed by atoms with Crippen LogP contribution >= 0.6 is 0 Å². The van der Waals surface area contributed by atoms with Gasteiger partial charge in [0.05, 0.1) is 16.5 Å². The lowest BCUT2D eigenvalue weighted by atomic mass is 9.92. The van der Waals surface area contributed by atoms with Crippen LogP contribution in [0.3, 0.4) is 0 Å². The lowest BCUT2D eigenvalue weighted by molar-refractivity contribution is 0.293. The molecule has 1 atom stereocenters. The molecule has 0 saturated heterocycles. The summed E-state index contributed by atoms with van der Waals surface area (Å²) < 4.78 is 7.90. The first-order valence-electron chi connectivity index (χ1n) is 13.0. The summed E-state index contributed by atoms with van der Waals surface area (Å²) in [4.78, 5) is 24.2. The molecule has 0 saturated carbocycles. The highest BCUT2D eigenvalue weighted by Gasteiger charge is 2.27. The lowest BCUT2D eigenvalue weighted by Crippen LogP contribution is -2.28. The second kappa shape index (κ2) is 9.87. The molecule has 2 N–H and O–H groups in total. The Morgan fingerprint density at radius 3 is 2.55 bits per heavy atom. The van der Waals surface area contributed by atoms with Crippen molar-refractivity contribution in [3.63, 3.8) is 0 Å². The number of benzene rings is 2. The summed E-state index contributed by atoms with van der Waals surface area (Å²) in [7, 11) is 0. The molecule has 38 heavy (non-hydrogen) atoms. The number of aryl methyl sites for hydroxylation is 1. The maximum absolute atomic E-state index is 13.1. The van der Waals surface area contributed by atoms with Crippen LogP contribution in [0.15, 0.2) is 76.2 Å². The number of anilines is 1. The summed E-state index contributed by atoms with van der Waals surface area (Å²) in [6.45, 7) is 6.65. The third kappa shape index (κ3) is 4.16. The summed E-state index contributed by atoms with van der Waals surface area (Å²) in [6, 6.07) is 17.8. The van der Waals surface area contributed by atoms with Crippen molar-refractivity contribution in [3.8, 4) is 0 Å². The van der Waals surface area contributed by atoms with E-state index < -0.39 is 0 Å². The van der Waals surface area contributed by atoms with E-state index in [2.05, 4.69) is 45.2 Å². The average Bonchev–Trinajstić information content (AvgIpc) is 3.34. The first-order chi connectivity index (χ1) is 18.5. The zero-order valence-corrected chi connectivity index (χ0v) is 21.6. The molecule has 1 unspecified atom stereocenters. The van der Waals surface area contributed by atoms with Gasteiger partial charge in [-0.05, 0) is 42.4 Å². The van der Waals surface area contributed by atoms with E-state index >= 15 is 0 Å². The van der Waals surface area contributed by atoms with Crippen LogP contribution in [0.2, 0.25) is 0 Å². The number of fused-ring (bicyclic) bond motifs is 2. The normalized spacial score (nSPS) is 15.2. The van der Waals surface area contributed by atoms with E-state index in [1.807, 2.05) is 48.9 Å². The van der Waals surface area contributed by atoms with E-state index in [1.165, 1.54) is 17.5 Å². The van der Waals surface area contributed by atoms with Crippen LogP contribution in [0.4, 0.5) is 5.82 Å². The van der Waals surface area contributed by atoms with Gasteiger partial charge < -0.3 is 10.2 Å². The van der Waals surface area contributed by atoms with E-state index in [9.17, 15) is 4.79 Å². The molecular formula is C30H30N6O2. The van der Waals surface area contributed by atoms with Gasteiger partial charge in [-0.3, -0.25) is 4.90 Å². The van der Waals surface area contributed by atoms with Gasteiger partial charge in [0.15, 0.2) is 5.65 Å². The molecule has 1 aliphatic rings. The molecule has 0 amide bonds. The van der Waals surface area contributed by atoms with Crippen LogP contribution in [-0.2, 0) is 13.0 Å². The molecule has 0 bridgehead atoms. The fourth-order valence-corrected chi connectivity index (χ4v) is 5.46. The van der Waals surface area contributed by atoms with Crippen molar-refractivity contribution in [2.75, 3.05) is 18.8 Å². The van der Waals surface area contributed by atoms with E-state index in [0.29, 0.717) is 29.0 Å². The largest absolute Gasteiger partial charge is 0.424 e. The van der Waals surface area contributed by atoms with Gasteiger partial charge in [-0.15, -0.1) is 0 Å². The Labute approximate surface area is 220 Å². The van der Waals surface area contributed by atoms with Crippen molar-refractivity contribution in [1.82, 2.24) is 24.6 Å². The Morgan fingerprint density at radius 1 is 1.05 bits per heavy atom. The Bertz CT molecular complexity index is 1720. The molecule has 3 aromatic heterocycles. The lowest BCUT2D eigenvalue weighted by Gasteiger charge is -2.28. The third-order valence-corrected chi connectivity index (χ3v) is 7.40. The summed E-state index contributed by atoms with van der Waals surface area (Å²) in [5.41, 5.74) is 10.8. The van der Waals surface area contributed by atoms with Crippen molar-refractivity contribution >= 4 is 33.2 Å². The average molecular weight is 507 g/mol. The van der Waals surface area contributed by atoms with E-state index in [0.717, 1.165) is 48.1 Å². The van der Waals surface area contributed by atoms with Gasteiger partial charge in [0.2, 0.25) is 0 Å². The third-order valence-electron chi connectivity index (χ3n) is 7.40. The van der Waals surface area contributed by atoms with Gasteiger partial charge in [0.25, 0.3) is 0 Å². The molecule has 8 nitrogen and oxygen atoms in total. The van der Waals surface area contributed by atoms with Gasteiger partial charge in [0, 0.05) is 25.2 Å². The fourth-order valence-electron chi connectivity index (χ4n) is 5.46. The predicted octanol–water partition coefficient (Wildman–Crippen LogP) is 4.98. The minimum Gasteiger partial charge on any atom is -0.424 e. The van der Waals surface area contributed by atoms with E-state index in [-0.39, 0.29) is 11.7 Å². The summed E-state index contributed by atoms with van der Waals surface area (Å²) in [6.07, 6.45) is 5.25. The van der Waals surface area contributed by atoms with Gasteiger partial charge in [0.1, 0.15) is 23.9 Å². The van der Waals surface area contributed by atoms with Crippen molar-refractivity contribution in [3.05, 3.63) is 100 Å². The van der Waals surface area contributed by atoms with E-state index in [4.69, 9.17) is 15.2 Å². The van der Waals surface area contributed by atoms with Crippen LogP contribution in [0.25, 0.3) is 27.4 Å². The Balaban J connectivity index is 1.46. The standard InChI is InChI=1S/C30H30N6O2/c1-3-24-26-28(31)32-18-33-29(26)36(34-24)19(2)27-25(22-11-7-8-12-23(22)30(37)38-27)21-13-15-35(16-14-21)17-20-9-5-4-6-10-20/h4-13,18-19H,3,14-17H2,1-2H3,(H2,31,32,33). The van der Waals surface area contributed by atoms with Crippen molar-refractivity contribution in [1.29, 1.82) is 0 Å². The SMILES string of the molecule is CCc1nn(C(C)c2oc(=O)c3ccccc3c2C2=CCN(Cc3ccccc3)CC2)c2ncnc(N)c12. The highest BCUT2D eigenvalue weighted by atomic mass is 16.4. The monoisotopic (exact) mass is 506 g/mol. The van der Waals surface area contributed by atoms with Crippen LogP contribution in [0, 0.1) is 0 Å². The minimum absolute atomic E-state index is 0.352. The highest BCUT2D eigenvalue weighted by Crippen LogP contribution is 2.36. The predicted molar refractivity (Wildman–Crippen MR) is 150 cm³/mol. The summed E-state index contributed by atoms with van der Waals surface area (Å²) >= 11 is 0. The maximum atomic E-state index is 13.1.